The number of benzene rings is 1. The molecule has 0 saturated carbocycles. The second-order valence-electron chi connectivity index (χ2n) is 6.38. The maximum Gasteiger partial charge on any atom is 0.191 e. The largest absolute Gasteiger partial charge is 0.357 e. The predicted octanol–water partition coefficient (Wildman–Crippen LogP) is 1.16. The molecule has 1 saturated heterocycles. The number of para-hydroxylation sites is 1. The average molecular weight is 375 g/mol. The van der Waals surface area contributed by atoms with Gasteiger partial charge in [0.2, 0.25) is 0 Å². The van der Waals surface area contributed by atoms with Gasteiger partial charge in [-0.25, -0.2) is 13.1 Å². The van der Waals surface area contributed by atoms with E-state index in [2.05, 4.69) is 20.7 Å². The Morgan fingerprint density at radius 3 is 2.85 bits per heavy atom. The number of aliphatic imine (C=N–C) groups is 1. The molecule has 2 N–H and O–H groups in total. The molecule has 1 aliphatic rings. The molecule has 0 radical (unpaired) electrons. The molecule has 2 aromatic rings. The lowest BCUT2D eigenvalue weighted by molar-refractivity contribution is 0.599. The first kappa shape index (κ1) is 18.4. The van der Waals surface area contributed by atoms with Crippen LogP contribution in [0.25, 0.3) is 5.69 Å². The zero-order valence-corrected chi connectivity index (χ0v) is 15.7. The van der Waals surface area contributed by atoms with Gasteiger partial charge in [-0.3, -0.25) is 4.99 Å². The topological polar surface area (TPSA) is 88.4 Å². The molecule has 0 bridgehead atoms. The summed E-state index contributed by atoms with van der Waals surface area (Å²) in [6.45, 7) is 3.33. The zero-order chi connectivity index (χ0) is 18.4. The van der Waals surface area contributed by atoms with Crippen molar-refractivity contribution in [3.63, 3.8) is 0 Å². The van der Waals surface area contributed by atoms with Crippen molar-refractivity contribution < 1.29 is 8.42 Å². The number of rotatable bonds is 6. The molecular formula is C18H25N5O2S. The van der Waals surface area contributed by atoms with Crippen LogP contribution in [0.1, 0.15) is 18.9 Å². The van der Waals surface area contributed by atoms with Crippen LogP contribution in [0.15, 0.2) is 47.7 Å². The molecule has 1 atom stereocenters. The van der Waals surface area contributed by atoms with Gasteiger partial charge in [0.1, 0.15) is 0 Å². The number of sulfone groups is 1. The van der Waals surface area contributed by atoms with E-state index in [1.54, 1.807) is 0 Å². The lowest BCUT2D eigenvalue weighted by Crippen LogP contribution is -2.44. The van der Waals surface area contributed by atoms with Crippen molar-refractivity contribution in [3.05, 3.63) is 48.3 Å². The minimum Gasteiger partial charge on any atom is -0.357 e. The van der Waals surface area contributed by atoms with E-state index in [9.17, 15) is 8.42 Å². The van der Waals surface area contributed by atoms with Crippen molar-refractivity contribution in [2.75, 3.05) is 24.6 Å². The zero-order valence-electron chi connectivity index (χ0n) is 14.9. The number of hydrogen-bond donors (Lipinski definition) is 2. The maximum atomic E-state index is 11.6. The van der Waals surface area contributed by atoms with Gasteiger partial charge in [0.05, 0.1) is 23.4 Å². The van der Waals surface area contributed by atoms with E-state index in [0.717, 1.165) is 24.2 Å². The third-order valence-corrected chi connectivity index (χ3v) is 6.01. The maximum absolute atomic E-state index is 11.6. The van der Waals surface area contributed by atoms with Crippen molar-refractivity contribution in [2.24, 2.45) is 4.99 Å². The first-order valence-electron chi connectivity index (χ1n) is 8.90. The van der Waals surface area contributed by atoms with E-state index in [1.165, 1.54) is 0 Å². The van der Waals surface area contributed by atoms with E-state index in [4.69, 9.17) is 0 Å². The highest BCUT2D eigenvalue weighted by Crippen LogP contribution is 2.11. The summed E-state index contributed by atoms with van der Waals surface area (Å²) in [6, 6.07) is 9.92. The van der Waals surface area contributed by atoms with E-state index in [1.807, 2.05) is 54.3 Å². The highest BCUT2D eigenvalue weighted by molar-refractivity contribution is 7.91. The second-order valence-corrected chi connectivity index (χ2v) is 8.61. The van der Waals surface area contributed by atoms with Crippen LogP contribution in [0.2, 0.25) is 0 Å². The summed E-state index contributed by atoms with van der Waals surface area (Å²) >= 11 is 0. The number of aromatic nitrogens is 2. The van der Waals surface area contributed by atoms with Crippen LogP contribution in [0, 0.1) is 0 Å². The van der Waals surface area contributed by atoms with Crippen molar-refractivity contribution >= 4 is 15.8 Å². The first-order valence-corrected chi connectivity index (χ1v) is 10.7. The Bertz CT molecular complexity index is 845. The number of guanidine groups is 1. The van der Waals surface area contributed by atoms with E-state index >= 15 is 0 Å². The van der Waals surface area contributed by atoms with Gasteiger partial charge in [-0.15, -0.1) is 0 Å². The Kier molecular flexibility index (Phi) is 5.92. The summed E-state index contributed by atoms with van der Waals surface area (Å²) in [4.78, 5) is 4.56. The van der Waals surface area contributed by atoms with E-state index < -0.39 is 9.84 Å². The molecule has 0 aliphatic carbocycles. The predicted molar refractivity (Wildman–Crippen MR) is 103 cm³/mol. The molecule has 1 aromatic heterocycles. The lowest BCUT2D eigenvalue weighted by atomic mass is 10.2. The molecule has 0 spiro atoms. The molecule has 7 nitrogen and oxygen atoms in total. The third-order valence-electron chi connectivity index (χ3n) is 4.24. The summed E-state index contributed by atoms with van der Waals surface area (Å²) in [5.41, 5.74) is 2.14. The number of hydrogen-bond acceptors (Lipinski definition) is 4. The van der Waals surface area contributed by atoms with E-state index in [0.29, 0.717) is 18.9 Å². The SMILES string of the molecule is CCNC(=NCCc1cnn(-c2ccccc2)c1)NC1CCS(=O)(=O)C1. The monoisotopic (exact) mass is 375 g/mol. The minimum atomic E-state index is -2.90. The van der Waals surface area contributed by atoms with Gasteiger partial charge in [0.25, 0.3) is 0 Å². The van der Waals surface area contributed by atoms with Gasteiger partial charge < -0.3 is 10.6 Å². The Morgan fingerprint density at radius 2 is 2.15 bits per heavy atom. The minimum absolute atomic E-state index is 0.0568. The van der Waals surface area contributed by atoms with Crippen LogP contribution in [0.5, 0.6) is 0 Å². The standard InChI is InChI=1S/C18H25N5O2S/c1-2-19-18(22-16-9-11-26(24,25)14-16)20-10-8-15-12-21-23(13-15)17-6-4-3-5-7-17/h3-7,12-13,16H,2,8-11,14H2,1H3,(H2,19,20,22). The van der Waals surface area contributed by atoms with Gasteiger partial charge in [-0.1, -0.05) is 18.2 Å². The Balaban J connectivity index is 1.56. The van der Waals surface area contributed by atoms with Gasteiger partial charge in [-0.2, -0.15) is 5.10 Å². The van der Waals surface area contributed by atoms with E-state index in [-0.39, 0.29) is 17.5 Å². The average Bonchev–Trinajstić information content (AvgIpc) is 3.22. The van der Waals surface area contributed by atoms with Crippen molar-refractivity contribution in [1.29, 1.82) is 0 Å². The third kappa shape index (κ3) is 5.08. The van der Waals surface area contributed by atoms with Crippen LogP contribution in [-0.4, -0.2) is 54.8 Å². The summed E-state index contributed by atoms with van der Waals surface area (Å²) in [5, 5.41) is 10.8. The Labute approximate surface area is 154 Å². The van der Waals surface area contributed by atoms with Gasteiger partial charge in [0, 0.05) is 25.3 Å². The second kappa shape index (κ2) is 8.35. The van der Waals surface area contributed by atoms with Crippen LogP contribution in [0.4, 0.5) is 0 Å². The van der Waals surface area contributed by atoms with Crippen LogP contribution < -0.4 is 10.6 Å². The normalized spacial score (nSPS) is 19.4. The van der Waals surface area contributed by atoms with Crippen molar-refractivity contribution in [1.82, 2.24) is 20.4 Å². The molecule has 1 unspecified atom stereocenters. The fourth-order valence-electron chi connectivity index (χ4n) is 2.93. The molecule has 0 amide bonds. The highest BCUT2D eigenvalue weighted by atomic mass is 32.2. The molecular weight excluding hydrogens is 350 g/mol. The molecule has 140 valence electrons. The van der Waals surface area contributed by atoms with Gasteiger partial charge >= 0.3 is 0 Å². The summed E-state index contributed by atoms with van der Waals surface area (Å²) in [5.74, 6) is 1.11. The number of nitrogens with zero attached hydrogens (tertiary/aromatic N) is 3. The van der Waals surface area contributed by atoms with Crippen LogP contribution in [-0.2, 0) is 16.3 Å². The molecule has 3 rings (SSSR count). The molecule has 1 fully saturated rings. The fourth-order valence-corrected chi connectivity index (χ4v) is 4.60. The van der Waals surface area contributed by atoms with Gasteiger partial charge in [0.15, 0.2) is 15.8 Å². The van der Waals surface area contributed by atoms with Gasteiger partial charge in [-0.05, 0) is 37.5 Å². The van der Waals surface area contributed by atoms with Crippen molar-refractivity contribution in [3.8, 4) is 5.69 Å². The summed E-state index contributed by atoms with van der Waals surface area (Å²) in [6.07, 6.45) is 5.27. The number of nitrogens with one attached hydrogen (secondary N) is 2. The molecule has 1 aliphatic heterocycles. The lowest BCUT2D eigenvalue weighted by Gasteiger charge is -2.15. The quantitative estimate of drug-likeness (QED) is 0.584. The molecule has 2 heterocycles. The Morgan fingerprint density at radius 1 is 1.35 bits per heavy atom. The smallest absolute Gasteiger partial charge is 0.191 e. The highest BCUT2D eigenvalue weighted by Gasteiger charge is 2.28. The fraction of sp³-hybridized carbons (Fsp3) is 0.444. The first-order chi connectivity index (χ1) is 12.6. The summed E-state index contributed by atoms with van der Waals surface area (Å²) < 4.78 is 25.0. The molecule has 26 heavy (non-hydrogen) atoms. The van der Waals surface area contributed by atoms with Crippen LogP contribution >= 0.6 is 0 Å². The van der Waals surface area contributed by atoms with Crippen molar-refractivity contribution in [2.45, 2.75) is 25.8 Å². The summed E-state index contributed by atoms with van der Waals surface area (Å²) in [7, 11) is -2.90. The molecule has 1 aromatic carbocycles. The molecule has 8 heteroatoms. The Hall–Kier alpha value is -2.35. The van der Waals surface area contributed by atoms with Crippen LogP contribution in [0.3, 0.4) is 0 Å².